The molecule has 2 heteroatoms. The first-order valence-electron chi connectivity index (χ1n) is 3.09. The highest BCUT2D eigenvalue weighted by atomic mass is 16.3. The van der Waals surface area contributed by atoms with Crippen LogP contribution in [0.3, 0.4) is 0 Å². The first-order valence-corrected chi connectivity index (χ1v) is 3.09. The average Bonchev–Trinajstić information content (AvgIpc) is 1.62. The minimum absolute atomic E-state index is 0.134. The summed E-state index contributed by atoms with van der Waals surface area (Å²) in [6.45, 7) is 8.50. The summed E-state index contributed by atoms with van der Waals surface area (Å²) < 4.78 is 0. The topological polar surface area (TPSA) is 40.5 Å². The number of hydrogen-bond donors (Lipinski definition) is 2. The van der Waals surface area contributed by atoms with Gasteiger partial charge in [-0.05, 0) is 26.7 Å². The van der Waals surface area contributed by atoms with Crippen molar-refractivity contribution in [3.05, 3.63) is 6.92 Å². The Morgan fingerprint density at radius 1 is 1.44 bits per heavy atom. The fourth-order valence-corrected chi connectivity index (χ4v) is 0.696. The second-order valence-electron chi connectivity index (χ2n) is 3.08. The minimum Gasteiger partial charge on any atom is -0.390 e. The summed E-state index contributed by atoms with van der Waals surface area (Å²) in [6.07, 6.45) is -0.738. The van der Waals surface area contributed by atoms with Crippen molar-refractivity contribution >= 4 is 0 Å². The van der Waals surface area contributed by atoms with E-state index in [1.165, 1.54) is 0 Å². The van der Waals surface area contributed by atoms with Crippen LogP contribution in [0.4, 0.5) is 0 Å². The van der Waals surface area contributed by atoms with Crippen molar-refractivity contribution in [3.63, 3.8) is 0 Å². The SMILES string of the molecule is [CH2]C(C)C(O)C(C)(C)O. The Balaban J connectivity index is 3.88. The lowest BCUT2D eigenvalue weighted by Crippen LogP contribution is -2.39. The lowest BCUT2D eigenvalue weighted by Gasteiger charge is -2.27. The second-order valence-corrected chi connectivity index (χ2v) is 3.08. The van der Waals surface area contributed by atoms with Crippen molar-refractivity contribution in [2.24, 2.45) is 5.92 Å². The molecule has 0 fully saturated rings. The monoisotopic (exact) mass is 131 g/mol. The lowest BCUT2D eigenvalue weighted by atomic mass is 9.93. The molecular weight excluding hydrogens is 116 g/mol. The van der Waals surface area contributed by atoms with Crippen LogP contribution in [0.15, 0.2) is 0 Å². The number of rotatable bonds is 2. The molecule has 2 atom stereocenters. The third kappa shape index (κ3) is 2.82. The molecule has 2 N–H and O–H groups in total. The predicted octanol–water partition coefficient (Wildman–Crippen LogP) is 0.588. The molecule has 0 bridgehead atoms. The molecule has 1 radical (unpaired) electrons. The summed E-state index contributed by atoms with van der Waals surface area (Å²) in [5.74, 6) is -0.134. The third-order valence-corrected chi connectivity index (χ3v) is 1.26. The summed E-state index contributed by atoms with van der Waals surface area (Å²) in [7, 11) is 0. The zero-order chi connectivity index (χ0) is 7.65. The van der Waals surface area contributed by atoms with Gasteiger partial charge in [0, 0.05) is 0 Å². The highest BCUT2D eigenvalue weighted by Crippen LogP contribution is 2.15. The highest BCUT2D eigenvalue weighted by Gasteiger charge is 2.26. The van der Waals surface area contributed by atoms with E-state index < -0.39 is 11.7 Å². The minimum atomic E-state index is -1.03. The maximum Gasteiger partial charge on any atom is 0.0852 e. The van der Waals surface area contributed by atoms with E-state index >= 15 is 0 Å². The fraction of sp³-hybridized carbons (Fsp3) is 0.857. The van der Waals surface area contributed by atoms with Gasteiger partial charge >= 0.3 is 0 Å². The summed E-state index contributed by atoms with van der Waals surface area (Å²) in [5, 5.41) is 18.3. The van der Waals surface area contributed by atoms with Crippen molar-refractivity contribution in [1.82, 2.24) is 0 Å². The zero-order valence-electron chi connectivity index (χ0n) is 6.26. The number of aliphatic hydroxyl groups excluding tert-OH is 1. The van der Waals surface area contributed by atoms with Gasteiger partial charge in [0.2, 0.25) is 0 Å². The Morgan fingerprint density at radius 2 is 1.78 bits per heavy atom. The summed E-state index contributed by atoms with van der Waals surface area (Å²) in [6, 6.07) is 0. The quantitative estimate of drug-likeness (QED) is 0.575. The molecule has 0 aliphatic heterocycles. The van der Waals surface area contributed by atoms with Crippen molar-refractivity contribution < 1.29 is 10.2 Å². The molecule has 0 aromatic heterocycles. The molecule has 0 spiro atoms. The van der Waals surface area contributed by atoms with Gasteiger partial charge in [0.25, 0.3) is 0 Å². The summed E-state index contributed by atoms with van der Waals surface area (Å²) in [5.41, 5.74) is -1.03. The van der Waals surface area contributed by atoms with Gasteiger partial charge in [-0.25, -0.2) is 0 Å². The molecule has 0 amide bonds. The van der Waals surface area contributed by atoms with E-state index in [2.05, 4.69) is 6.92 Å². The average molecular weight is 131 g/mol. The Hall–Kier alpha value is -0.0800. The maximum atomic E-state index is 9.17. The maximum absolute atomic E-state index is 9.17. The molecule has 2 nitrogen and oxygen atoms in total. The molecule has 0 aliphatic rings. The van der Waals surface area contributed by atoms with E-state index in [0.717, 1.165) is 0 Å². The van der Waals surface area contributed by atoms with E-state index in [9.17, 15) is 0 Å². The Kier molecular flexibility index (Phi) is 2.65. The Labute approximate surface area is 56.5 Å². The first-order chi connectivity index (χ1) is 3.85. The van der Waals surface area contributed by atoms with Gasteiger partial charge in [0.05, 0.1) is 11.7 Å². The van der Waals surface area contributed by atoms with E-state index in [0.29, 0.717) is 0 Å². The van der Waals surface area contributed by atoms with Crippen LogP contribution in [0.5, 0.6) is 0 Å². The van der Waals surface area contributed by atoms with Crippen LogP contribution in [-0.2, 0) is 0 Å². The molecular formula is C7H15O2. The molecule has 0 aromatic carbocycles. The van der Waals surface area contributed by atoms with Gasteiger partial charge in [-0.3, -0.25) is 0 Å². The van der Waals surface area contributed by atoms with Crippen LogP contribution < -0.4 is 0 Å². The predicted molar refractivity (Wildman–Crippen MR) is 36.8 cm³/mol. The molecule has 55 valence electrons. The van der Waals surface area contributed by atoms with Crippen LogP contribution in [0.1, 0.15) is 20.8 Å². The highest BCUT2D eigenvalue weighted by molar-refractivity contribution is 4.81. The van der Waals surface area contributed by atoms with Gasteiger partial charge in [-0.1, -0.05) is 6.92 Å². The molecule has 9 heavy (non-hydrogen) atoms. The third-order valence-electron chi connectivity index (χ3n) is 1.26. The molecule has 0 aromatic rings. The molecule has 0 rings (SSSR count). The molecule has 0 saturated carbocycles. The van der Waals surface area contributed by atoms with Gasteiger partial charge in [0.15, 0.2) is 0 Å². The van der Waals surface area contributed by atoms with Crippen LogP contribution >= 0.6 is 0 Å². The largest absolute Gasteiger partial charge is 0.390 e. The van der Waals surface area contributed by atoms with E-state index in [4.69, 9.17) is 10.2 Å². The van der Waals surface area contributed by atoms with Crippen molar-refractivity contribution in [3.8, 4) is 0 Å². The fourth-order valence-electron chi connectivity index (χ4n) is 0.696. The van der Waals surface area contributed by atoms with Crippen molar-refractivity contribution in [1.29, 1.82) is 0 Å². The van der Waals surface area contributed by atoms with Crippen molar-refractivity contribution in [2.45, 2.75) is 32.5 Å². The smallest absolute Gasteiger partial charge is 0.0852 e. The van der Waals surface area contributed by atoms with Gasteiger partial charge < -0.3 is 10.2 Å². The Bertz CT molecular complexity index is 81.4. The van der Waals surface area contributed by atoms with Crippen LogP contribution in [0, 0.1) is 12.8 Å². The Morgan fingerprint density at radius 3 is 1.78 bits per heavy atom. The van der Waals surface area contributed by atoms with Crippen LogP contribution in [0.25, 0.3) is 0 Å². The van der Waals surface area contributed by atoms with E-state index in [1.54, 1.807) is 20.8 Å². The van der Waals surface area contributed by atoms with Gasteiger partial charge in [-0.2, -0.15) is 0 Å². The van der Waals surface area contributed by atoms with E-state index in [1.807, 2.05) is 0 Å². The number of aliphatic hydroxyl groups is 2. The van der Waals surface area contributed by atoms with Gasteiger partial charge in [-0.15, -0.1) is 0 Å². The molecule has 0 heterocycles. The number of hydrogen-bond acceptors (Lipinski definition) is 2. The normalized spacial score (nSPS) is 16.3. The second kappa shape index (κ2) is 2.67. The van der Waals surface area contributed by atoms with Gasteiger partial charge in [0.1, 0.15) is 0 Å². The molecule has 0 saturated heterocycles. The summed E-state index contributed by atoms with van der Waals surface area (Å²) in [4.78, 5) is 0. The standard InChI is InChI=1S/C7H15O2/c1-5(2)6(8)7(3,4)9/h5-6,8-9H,1H2,2-4H3. The molecule has 2 unspecified atom stereocenters. The van der Waals surface area contributed by atoms with E-state index in [-0.39, 0.29) is 5.92 Å². The zero-order valence-corrected chi connectivity index (χ0v) is 6.26. The first kappa shape index (κ1) is 8.92. The summed E-state index contributed by atoms with van der Waals surface area (Å²) >= 11 is 0. The van der Waals surface area contributed by atoms with Crippen LogP contribution in [0.2, 0.25) is 0 Å². The van der Waals surface area contributed by atoms with Crippen LogP contribution in [-0.4, -0.2) is 21.9 Å². The lowest BCUT2D eigenvalue weighted by molar-refractivity contribution is -0.0647. The van der Waals surface area contributed by atoms with Crippen molar-refractivity contribution in [2.75, 3.05) is 0 Å². The molecule has 0 aliphatic carbocycles.